The number of carbonyl (C=O) groups excluding carboxylic acids is 2. The fourth-order valence-corrected chi connectivity index (χ4v) is 2.99. The number of urea groups is 1. The van der Waals surface area contributed by atoms with Gasteiger partial charge in [0, 0.05) is 13.6 Å². The average Bonchev–Trinajstić information content (AvgIpc) is 2.97. The molecule has 3 rings (SSSR count). The number of benzene rings is 1. The molecule has 1 aliphatic carbocycles. The topological polar surface area (TPSA) is 75.4 Å². The molecule has 1 aromatic rings. The van der Waals surface area contributed by atoms with E-state index in [1.54, 1.807) is 0 Å². The molecule has 1 heterocycles. The number of nitrogens with two attached hydrogens (primary N) is 1. The van der Waals surface area contributed by atoms with Gasteiger partial charge in [-0.3, -0.25) is 9.69 Å². The van der Waals surface area contributed by atoms with Gasteiger partial charge in [-0.2, -0.15) is 0 Å². The Kier molecular flexibility index (Phi) is 2.60. The molecule has 1 fully saturated rings. The molecule has 0 radical (unpaired) electrons. The largest absolute Gasteiger partial charge is 0.327 e. The van der Waals surface area contributed by atoms with Crippen LogP contribution in [0.3, 0.4) is 0 Å². The van der Waals surface area contributed by atoms with Crippen molar-refractivity contribution in [1.29, 1.82) is 0 Å². The predicted octanol–water partition coefficient (Wildman–Crippen LogP) is 0.511. The average molecular weight is 259 g/mol. The molecule has 1 unspecified atom stereocenters. The van der Waals surface area contributed by atoms with Gasteiger partial charge in [0.2, 0.25) is 0 Å². The van der Waals surface area contributed by atoms with Crippen molar-refractivity contribution < 1.29 is 9.59 Å². The van der Waals surface area contributed by atoms with E-state index in [4.69, 9.17) is 5.73 Å². The number of carbonyl (C=O) groups is 2. The van der Waals surface area contributed by atoms with E-state index < -0.39 is 11.6 Å². The zero-order valence-corrected chi connectivity index (χ0v) is 10.9. The van der Waals surface area contributed by atoms with Gasteiger partial charge < -0.3 is 11.1 Å². The first-order valence-electron chi connectivity index (χ1n) is 6.51. The van der Waals surface area contributed by atoms with Crippen molar-refractivity contribution in [2.75, 3.05) is 13.6 Å². The molecule has 5 heteroatoms. The monoisotopic (exact) mass is 259 g/mol. The number of nitrogens with zero attached hydrogens (tertiary/aromatic N) is 1. The highest BCUT2D eigenvalue weighted by Crippen LogP contribution is 2.31. The highest BCUT2D eigenvalue weighted by Gasteiger charge is 2.50. The van der Waals surface area contributed by atoms with Crippen LogP contribution in [0.25, 0.3) is 0 Å². The number of aryl methyl sites for hydroxylation is 2. The van der Waals surface area contributed by atoms with Gasteiger partial charge in [-0.15, -0.1) is 0 Å². The molecule has 0 bridgehead atoms. The second kappa shape index (κ2) is 4.06. The molecule has 1 saturated heterocycles. The van der Waals surface area contributed by atoms with Gasteiger partial charge in [0.25, 0.3) is 5.91 Å². The zero-order chi connectivity index (χ0) is 13.6. The lowest BCUT2D eigenvalue weighted by Gasteiger charge is -2.25. The minimum absolute atomic E-state index is 0.0701. The van der Waals surface area contributed by atoms with Crippen LogP contribution in [0.2, 0.25) is 0 Å². The lowest BCUT2D eigenvalue weighted by atomic mass is 9.88. The fourth-order valence-electron chi connectivity index (χ4n) is 2.99. The van der Waals surface area contributed by atoms with Gasteiger partial charge in [0.1, 0.15) is 0 Å². The molecule has 1 atom stereocenters. The first kappa shape index (κ1) is 12.2. The minimum Gasteiger partial charge on any atom is -0.327 e. The molecule has 0 saturated carbocycles. The number of fused-ring (bicyclic) bond motifs is 1. The SMILES string of the molecule is CN1C(=O)NC(CN)(c2ccc3c(c2)CCC3)C1=O. The molecule has 1 aromatic carbocycles. The van der Waals surface area contributed by atoms with Crippen LogP contribution in [0, 0.1) is 0 Å². The van der Waals surface area contributed by atoms with Crippen LogP contribution in [0.5, 0.6) is 0 Å². The van der Waals surface area contributed by atoms with Crippen molar-refractivity contribution in [2.45, 2.75) is 24.8 Å². The number of hydrogen-bond acceptors (Lipinski definition) is 3. The van der Waals surface area contributed by atoms with Crippen LogP contribution in [0.15, 0.2) is 18.2 Å². The molecule has 100 valence electrons. The lowest BCUT2D eigenvalue weighted by molar-refractivity contribution is -0.130. The summed E-state index contributed by atoms with van der Waals surface area (Å²) in [6, 6.07) is 5.59. The first-order valence-corrected chi connectivity index (χ1v) is 6.51. The zero-order valence-electron chi connectivity index (χ0n) is 10.9. The van der Waals surface area contributed by atoms with Crippen molar-refractivity contribution in [3.8, 4) is 0 Å². The van der Waals surface area contributed by atoms with E-state index in [0.29, 0.717) is 0 Å². The van der Waals surface area contributed by atoms with E-state index in [0.717, 1.165) is 29.7 Å². The van der Waals surface area contributed by atoms with E-state index in [-0.39, 0.29) is 12.5 Å². The summed E-state index contributed by atoms with van der Waals surface area (Å²) in [5.74, 6) is -0.280. The molecule has 19 heavy (non-hydrogen) atoms. The van der Waals surface area contributed by atoms with Crippen molar-refractivity contribution in [1.82, 2.24) is 10.2 Å². The summed E-state index contributed by atoms with van der Waals surface area (Å²) in [5.41, 5.74) is 8.09. The number of amides is 3. The van der Waals surface area contributed by atoms with Crippen LogP contribution in [0.1, 0.15) is 23.1 Å². The third kappa shape index (κ3) is 1.58. The van der Waals surface area contributed by atoms with Gasteiger partial charge >= 0.3 is 6.03 Å². The molecular formula is C14H17N3O2. The summed E-state index contributed by atoms with van der Waals surface area (Å²) in [6.45, 7) is 0.0701. The second-order valence-corrected chi connectivity index (χ2v) is 5.24. The maximum atomic E-state index is 12.3. The Balaban J connectivity index is 2.08. The quantitative estimate of drug-likeness (QED) is 0.760. The third-order valence-electron chi connectivity index (χ3n) is 4.19. The number of likely N-dealkylation sites (N-methyl/N-ethyl adjacent to an activating group) is 1. The number of imide groups is 1. The molecule has 0 spiro atoms. The Morgan fingerprint density at radius 1 is 1.32 bits per heavy atom. The highest BCUT2D eigenvalue weighted by molar-refractivity contribution is 6.07. The van der Waals surface area contributed by atoms with E-state index in [9.17, 15) is 9.59 Å². The lowest BCUT2D eigenvalue weighted by Crippen LogP contribution is -2.50. The van der Waals surface area contributed by atoms with E-state index >= 15 is 0 Å². The minimum atomic E-state index is -1.09. The summed E-state index contributed by atoms with van der Waals surface area (Å²) < 4.78 is 0. The molecule has 0 aromatic heterocycles. The second-order valence-electron chi connectivity index (χ2n) is 5.24. The van der Waals surface area contributed by atoms with Gasteiger partial charge in [-0.05, 0) is 36.0 Å². The summed E-state index contributed by atoms with van der Waals surface area (Å²) in [6.07, 6.45) is 3.27. The summed E-state index contributed by atoms with van der Waals surface area (Å²) in [4.78, 5) is 25.1. The van der Waals surface area contributed by atoms with Crippen LogP contribution in [0.4, 0.5) is 4.79 Å². The van der Waals surface area contributed by atoms with Crippen LogP contribution in [-0.4, -0.2) is 30.4 Å². The third-order valence-corrected chi connectivity index (χ3v) is 4.19. The van der Waals surface area contributed by atoms with Crippen LogP contribution in [-0.2, 0) is 23.2 Å². The molecule has 1 aliphatic heterocycles. The molecule has 5 nitrogen and oxygen atoms in total. The summed E-state index contributed by atoms with van der Waals surface area (Å²) >= 11 is 0. The predicted molar refractivity (Wildman–Crippen MR) is 70.5 cm³/mol. The van der Waals surface area contributed by atoms with Crippen LogP contribution < -0.4 is 11.1 Å². The Bertz CT molecular complexity index is 570. The van der Waals surface area contributed by atoms with Crippen molar-refractivity contribution in [2.24, 2.45) is 5.73 Å². The van der Waals surface area contributed by atoms with Gasteiger partial charge in [-0.1, -0.05) is 18.2 Å². The Morgan fingerprint density at radius 2 is 2.05 bits per heavy atom. The van der Waals surface area contributed by atoms with E-state index in [1.165, 1.54) is 18.2 Å². The standard InChI is InChI=1S/C14H17N3O2/c1-17-12(18)14(8-15,16-13(17)19)11-6-5-9-3-2-4-10(9)7-11/h5-7H,2-4,8,15H2,1H3,(H,16,19). The molecule has 3 amide bonds. The molecule has 2 aliphatic rings. The fraction of sp³-hybridized carbons (Fsp3) is 0.429. The van der Waals surface area contributed by atoms with Gasteiger partial charge in [-0.25, -0.2) is 4.79 Å². The first-order chi connectivity index (χ1) is 9.08. The maximum absolute atomic E-state index is 12.3. The molecular weight excluding hydrogens is 242 g/mol. The van der Waals surface area contributed by atoms with Gasteiger partial charge in [0.15, 0.2) is 5.54 Å². The number of nitrogens with one attached hydrogen (secondary N) is 1. The van der Waals surface area contributed by atoms with Crippen molar-refractivity contribution in [3.63, 3.8) is 0 Å². The normalized spacial score (nSPS) is 25.7. The van der Waals surface area contributed by atoms with Crippen molar-refractivity contribution >= 4 is 11.9 Å². The van der Waals surface area contributed by atoms with Gasteiger partial charge in [0.05, 0.1) is 0 Å². The highest BCUT2D eigenvalue weighted by atomic mass is 16.2. The summed E-state index contributed by atoms with van der Waals surface area (Å²) in [7, 11) is 1.47. The summed E-state index contributed by atoms with van der Waals surface area (Å²) in [5, 5.41) is 2.74. The Morgan fingerprint density at radius 3 is 2.68 bits per heavy atom. The number of rotatable bonds is 2. The van der Waals surface area contributed by atoms with Crippen LogP contribution >= 0.6 is 0 Å². The Labute approximate surface area is 111 Å². The van der Waals surface area contributed by atoms with Crippen molar-refractivity contribution in [3.05, 3.63) is 34.9 Å². The maximum Gasteiger partial charge on any atom is 0.325 e. The van der Waals surface area contributed by atoms with E-state index in [2.05, 4.69) is 5.32 Å². The molecule has 3 N–H and O–H groups in total. The smallest absolute Gasteiger partial charge is 0.325 e. The van der Waals surface area contributed by atoms with E-state index in [1.807, 2.05) is 18.2 Å². The number of hydrogen-bond donors (Lipinski definition) is 2. The Hall–Kier alpha value is -1.88.